The van der Waals surface area contributed by atoms with Gasteiger partial charge < -0.3 is 5.73 Å². The molecule has 0 saturated heterocycles. The van der Waals surface area contributed by atoms with Gasteiger partial charge in [0.05, 0.1) is 4.90 Å². The minimum atomic E-state index is -4.14. The summed E-state index contributed by atoms with van der Waals surface area (Å²) in [6, 6.07) is 7.89. The molecule has 1 heterocycles. The minimum Gasteiger partial charge on any atom is -0.350 e. The van der Waals surface area contributed by atoms with E-state index in [0.717, 1.165) is 0 Å². The Morgan fingerprint density at radius 1 is 1.20 bits per heavy atom. The number of urea groups is 1. The third-order valence-electron chi connectivity index (χ3n) is 2.45. The van der Waals surface area contributed by atoms with Gasteiger partial charge in [-0.05, 0) is 25.1 Å². The van der Waals surface area contributed by atoms with Gasteiger partial charge in [-0.15, -0.1) is 4.31 Å². The zero-order valence-electron chi connectivity index (χ0n) is 10.6. The molecular formula is C12H12N4O3S. The van der Waals surface area contributed by atoms with Crippen LogP contribution in [0.1, 0.15) is 5.69 Å². The average Bonchev–Trinajstić information content (AvgIpc) is 2.39. The summed E-state index contributed by atoms with van der Waals surface area (Å²) in [5.74, 6) is -0.277. The predicted molar refractivity (Wildman–Crippen MR) is 72.5 cm³/mol. The van der Waals surface area contributed by atoms with Crippen molar-refractivity contribution in [3.63, 3.8) is 0 Å². The van der Waals surface area contributed by atoms with Crippen molar-refractivity contribution in [3.05, 3.63) is 48.3 Å². The molecule has 0 unspecified atom stereocenters. The van der Waals surface area contributed by atoms with Gasteiger partial charge in [0, 0.05) is 11.9 Å². The fraction of sp³-hybridized carbons (Fsp3) is 0.0833. The number of aryl methyl sites for hydroxylation is 1. The van der Waals surface area contributed by atoms with E-state index in [9.17, 15) is 13.2 Å². The first-order valence-corrected chi connectivity index (χ1v) is 7.06. The summed E-state index contributed by atoms with van der Waals surface area (Å²) in [7, 11) is -4.14. The molecule has 1 aromatic heterocycles. The highest BCUT2D eigenvalue weighted by Crippen LogP contribution is 2.19. The van der Waals surface area contributed by atoms with Crippen molar-refractivity contribution in [1.29, 1.82) is 0 Å². The monoisotopic (exact) mass is 292 g/mol. The second-order valence-corrected chi connectivity index (χ2v) is 5.71. The number of nitrogens with zero attached hydrogens (tertiary/aromatic N) is 3. The molecule has 0 saturated carbocycles. The van der Waals surface area contributed by atoms with Gasteiger partial charge in [-0.3, -0.25) is 0 Å². The smallest absolute Gasteiger partial charge is 0.336 e. The summed E-state index contributed by atoms with van der Waals surface area (Å²) in [6.07, 6.45) is 1.36. The summed E-state index contributed by atoms with van der Waals surface area (Å²) in [6.45, 7) is 1.65. The molecule has 2 aromatic rings. The quantitative estimate of drug-likeness (QED) is 0.910. The van der Waals surface area contributed by atoms with E-state index < -0.39 is 16.1 Å². The second kappa shape index (κ2) is 5.25. The minimum absolute atomic E-state index is 0.0658. The largest absolute Gasteiger partial charge is 0.350 e. The van der Waals surface area contributed by atoms with Crippen molar-refractivity contribution in [3.8, 4) is 0 Å². The number of nitrogens with two attached hydrogens (primary N) is 1. The number of sulfonamides is 1. The maximum absolute atomic E-state index is 12.4. The maximum Gasteiger partial charge on any atom is 0.336 e. The lowest BCUT2D eigenvalue weighted by atomic mass is 10.4. The number of rotatable bonds is 3. The van der Waals surface area contributed by atoms with E-state index in [0.29, 0.717) is 10.00 Å². The Hall–Kier alpha value is -2.48. The Bertz CT molecular complexity index is 731. The number of primary amides is 1. The zero-order chi connectivity index (χ0) is 14.8. The van der Waals surface area contributed by atoms with Crippen molar-refractivity contribution in [2.45, 2.75) is 11.8 Å². The number of benzene rings is 1. The molecule has 0 aliphatic carbocycles. The number of amides is 2. The highest BCUT2D eigenvalue weighted by Gasteiger charge is 2.31. The molecule has 0 aliphatic heterocycles. The van der Waals surface area contributed by atoms with Crippen LogP contribution in [0.15, 0.2) is 47.5 Å². The van der Waals surface area contributed by atoms with Crippen LogP contribution in [0.4, 0.5) is 10.7 Å². The summed E-state index contributed by atoms with van der Waals surface area (Å²) < 4.78 is 25.2. The maximum atomic E-state index is 12.4. The Labute approximate surface area is 116 Å². The first-order chi connectivity index (χ1) is 9.43. The van der Waals surface area contributed by atoms with Crippen LogP contribution in [-0.4, -0.2) is 24.4 Å². The lowest BCUT2D eigenvalue weighted by molar-refractivity contribution is 0.256. The van der Waals surface area contributed by atoms with Crippen LogP contribution >= 0.6 is 0 Å². The molecule has 2 amide bonds. The molecular weight excluding hydrogens is 280 g/mol. The molecule has 7 nitrogen and oxygen atoms in total. The summed E-state index contributed by atoms with van der Waals surface area (Å²) in [5.41, 5.74) is 5.69. The lowest BCUT2D eigenvalue weighted by Crippen LogP contribution is -2.41. The first kappa shape index (κ1) is 13.9. The third kappa shape index (κ3) is 2.59. The van der Waals surface area contributed by atoms with Crippen LogP contribution in [0.5, 0.6) is 0 Å². The Morgan fingerprint density at radius 2 is 1.85 bits per heavy atom. The van der Waals surface area contributed by atoms with E-state index in [1.165, 1.54) is 18.3 Å². The highest BCUT2D eigenvalue weighted by atomic mass is 32.2. The Balaban J connectivity index is 2.58. The zero-order valence-corrected chi connectivity index (χ0v) is 11.4. The van der Waals surface area contributed by atoms with Crippen molar-refractivity contribution < 1.29 is 13.2 Å². The molecule has 0 fully saturated rings. The number of carbonyl (C=O) groups excluding carboxylic acids is 1. The Kier molecular flexibility index (Phi) is 3.66. The van der Waals surface area contributed by atoms with E-state index in [2.05, 4.69) is 9.97 Å². The normalized spacial score (nSPS) is 11.1. The van der Waals surface area contributed by atoms with Crippen molar-refractivity contribution in [1.82, 2.24) is 9.97 Å². The van der Waals surface area contributed by atoms with E-state index in [-0.39, 0.29) is 10.8 Å². The van der Waals surface area contributed by atoms with Gasteiger partial charge in [-0.25, -0.2) is 23.2 Å². The Morgan fingerprint density at radius 3 is 2.40 bits per heavy atom. The topological polar surface area (TPSA) is 106 Å². The number of anilines is 1. The van der Waals surface area contributed by atoms with Gasteiger partial charge in [0.25, 0.3) is 10.0 Å². The molecule has 0 aliphatic rings. The van der Waals surface area contributed by atoms with Crippen LogP contribution in [-0.2, 0) is 10.0 Å². The van der Waals surface area contributed by atoms with E-state index >= 15 is 0 Å². The molecule has 2 N–H and O–H groups in total. The van der Waals surface area contributed by atoms with Gasteiger partial charge >= 0.3 is 6.03 Å². The third-order valence-corrected chi connectivity index (χ3v) is 4.14. The number of aromatic nitrogens is 2. The molecule has 0 bridgehead atoms. The van der Waals surface area contributed by atoms with Crippen LogP contribution in [0.2, 0.25) is 0 Å². The fourth-order valence-electron chi connectivity index (χ4n) is 1.56. The van der Waals surface area contributed by atoms with Crippen LogP contribution in [0, 0.1) is 6.92 Å². The molecule has 104 valence electrons. The second-order valence-electron chi connectivity index (χ2n) is 3.92. The van der Waals surface area contributed by atoms with Crippen molar-refractivity contribution in [2.24, 2.45) is 5.73 Å². The highest BCUT2D eigenvalue weighted by molar-refractivity contribution is 7.93. The molecule has 2 rings (SSSR count). The van der Waals surface area contributed by atoms with Crippen LogP contribution < -0.4 is 10.0 Å². The molecule has 1 aromatic carbocycles. The van der Waals surface area contributed by atoms with Crippen LogP contribution in [0.25, 0.3) is 0 Å². The molecule has 0 atom stereocenters. The summed E-state index contributed by atoms with van der Waals surface area (Å²) in [4.78, 5) is 19.2. The first-order valence-electron chi connectivity index (χ1n) is 5.62. The van der Waals surface area contributed by atoms with Gasteiger partial charge in [0.1, 0.15) is 0 Å². The number of carbonyl (C=O) groups is 1. The van der Waals surface area contributed by atoms with Gasteiger partial charge in [-0.1, -0.05) is 18.2 Å². The van der Waals surface area contributed by atoms with E-state index in [1.807, 2.05) is 0 Å². The number of hydrogen-bond donors (Lipinski definition) is 1. The standard InChI is InChI=1S/C12H12N4O3S/c1-9-7-8-14-12(15-9)16(11(13)17)20(18,19)10-5-3-2-4-6-10/h2-8H,1H3,(H2,13,17). The lowest BCUT2D eigenvalue weighted by Gasteiger charge is -2.18. The predicted octanol–water partition coefficient (Wildman–Crippen LogP) is 1.06. The molecule has 0 radical (unpaired) electrons. The fourth-order valence-corrected chi connectivity index (χ4v) is 2.81. The molecule has 0 spiro atoms. The summed E-state index contributed by atoms with van der Waals surface area (Å²) in [5, 5.41) is 0. The van der Waals surface area contributed by atoms with Crippen molar-refractivity contribution in [2.75, 3.05) is 4.31 Å². The van der Waals surface area contributed by atoms with Crippen LogP contribution in [0.3, 0.4) is 0 Å². The van der Waals surface area contributed by atoms with E-state index in [1.54, 1.807) is 31.2 Å². The SMILES string of the molecule is Cc1ccnc(N(C(N)=O)S(=O)(=O)c2ccccc2)n1. The average molecular weight is 292 g/mol. The number of hydrogen-bond acceptors (Lipinski definition) is 5. The molecule has 20 heavy (non-hydrogen) atoms. The van der Waals surface area contributed by atoms with Crippen molar-refractivity contribution >= 4 is 22.0 Å². The summed E-state index contributed by atoms with van der Waals surface area (Å²) >= 11 is 0. The van der Waals surface area contributed by atoms with Gasteiger partial charge in [0.2, 0.25) is 5.95 Å². The van der Waals surface area contributed by atoms with Gasteiger partial charge in [-0.2, -0.15) is 0 Å². The molecule has 8 heteroatoms. The van der Waals surface area contributed by atoms with E-state index in [4.69, 9.17) is 5.73 Å². The van der Waals surface area contributed by atoms with Gasteiger partial charge in [0.15, 0.2) is 0 Å².